The molecular weight excluding hydrogens is 246 g/mol. The minimum atomic E-state index is -1.07. The average Bonchev–Trinajstić information content (AvgIpc) is 3.01. The van der Waals surface area contributed by atoms with Crippen LogP contribution in [0.4, 0.5) is 0 Å². The maximum Gasteiger partial charge on any atom is 0.356 e. The van der Waals surface area contributed by atoms with Crippen molar-refractivity contribution in [1.82, 2.24) is 14.8 Å². The Kier molecular flexibility index (Phi) is 2.56. The first-order valence-corrected chi connectivity index (χ1v) is 5.87. The number of nitrogens with zero attached hydrogens (tertiary/aromatic N) is 3. The number of aromatic nitrogens is 3. The number of hydrogen-bond donors (Lipinski definition) is 1. The Morgan fingerprint density at radius 3 is 2.89 bits per heavy atom. The summed E-state index contributed by atoms with van der Waals surface area (Å²) in [5.41, 5.74) is 2.09. The summed E-state index contributed by atoms with van der Waals surface area (Å²) in [6, 6.07) is 9.15. The third-order valence-corrected chi connectivity index (χ3v) is 2.83. The molecule has 1 aromatic carbocycles. The molecule has 0 saturated heterocycles. The van der Waals surface area contributed by atoms with E-state index in [-0.39, 0.29) is 11.7 Å². The van der Waals surface area contributed by atoms with Crippen molar-refractivity contribution in [2.24, 2.45) is 0 Å². The van der Waals surface area contributed by atoms with Crippen molar-refractivity contribution in [3.8, 4) is 6.01 Å². The summed E-state index contributed by atoms with van der Waals surface area (Å²) in [6.45, 7) is 1.92. The molecule has 0 bridgehead atoms. The van der Waals surface area contributed by atoms with Gasteiger partial charge in [0.1, 0.15) is 5.52 Å². The molecule has 0 aliphatic rings. The van der Waals surface area contributed by atoms with Gasteiger partial charge in [-0.05, 0) is 24.6 Å². The van der Waals surface area contributed by atoms with E-state index < -0.39 is 5.97 Å². The Balaban J connectivity index is 2.17. The molecule has 3 aromatic rings. The smallest absolute Gasteiger partial charge is 0.356 e. The number of para-hydroxylation sites is 2. The van der Waals surface area contributed by atoms with Crippen molar-refractivity contribution < 1.29 is 14.3 Å². The zero-order chi connectivity index (χ0) is 13.4. The number of benzene rings is 1. The van der Waals surface area contributed by atoms with E-state index in [1.165, 1.54) is 10.7 Å². The highest BCUT2D eigenvalue weighted by Crippen LogP contribution is 2.19. The van der Waals surface area contributed by atoms with Gasteiger partial charge in [0.2, 0.25) is 0 Å². The number of carboxylic acids is 1. The Hall–Kier alpha value is -2.63. The SMILES string of the molecule is CCc1cc(C(=O)O)nn1-c1nc2ccccc2o1. The van der Waals surface area contributed by atoms with Gasteiger partial charge in [-0.15, -0.1) is 0 Å². The number of fused-ring (bicyclic) bond motifs is 1. The number of oxazole rings is 1. The topological polar surface area (TPSA) is 81.1 Å². The van der Waals surface area contributed by atoms with E-state index >= 15 is 0 Å². The first-order chi connectivity index (χ1) is 9.19. The number of aryl methyl sites for hydroxylation is 1. The molecule has 6 nitrogen and oxygen atoms in total. The Morgan fingerprint density at radius 2 is 2.21 bits per heavy atom. The lowest BCUT2D eigenvalue weighted by atomic mass is 10.3. The van der Waals surface area contributed by atoms with Crippen LogP contribution in [0.5, 0.6) is 0 Å². The zero-order valence-electron chi connectivity index (χ0n) is 10.2. The molecule has 0 fully saturated rings. The van der Waals surface area contributed by atoms with Gasteiger partial charge < -0.3 is 9.52 Å². The number of hydrogen-bond acceptors (Lipinski definition) is 4. The monoisotopic (exact) mass is 257 g/mol. The van der Waals surface area contributed by atoms with Crippen molar-refractivity contribution in [1.29, 1.82) is 0 Å². The molecule has 96 valence electrons. The molecule has 0 radical (unpaired) electrons. The molecular formula is C13H11N3O3. The lowest BCUT2D eigenvalue weighted by molar-refractivity contribution is 0.0690. The van der Waals surface area contributed by atoms with Gasteiger partial charge in [0, 0.05) is 5.69 Å². The summed E-state index contributed by atoms with van der Waals surface area (Å²) in [6.07, 6.45) is 0.638. The van der Waals surface area contributed by atoms with Crippen molar-refractivity contribution in [2.75, 3.05) is 0 Å². The highest BCUT2D eigenvalue weighted by atomic mass is 16.4. The Morgan fingerprint density at radius 1 is 1.42 bits per heavy atom. The molecule has 0 amide bonds. The van der Waals surface area contributed by atoms with Crippen LogP contribution in [0, 0.1) is 0 Å². The summed E-state index contributed by atoms with van der Waals surface area (Å²) in [4.78, 5) is 15.3. The summed E-state index contributed by atoms with van der Waals surface area (Å²) in [5.74, 6) is -1.07. The standard InChI is InChI=1S/C13H11N3O3/c1-2-8-7-10(12(17)18)15-16(8)13-14-9-5-3-4-6-11(9)19-13/h3-7H,2H2,1H3,(H,17,18). The van der Waals surface area contributed by atoms with Gasteiger partial charge in [0.05, 0.1) is 0 Å². The molecule has 0 saturated carbocycles. The van der Waals surface area contributed by atoms with Crippen molar-refractivity contribution in [3.63, 3.8) is 0 Å². The predicted octanol–water partition coefficient (Wildman–Crippen LogP) is 2.27. The van der Waals surface area contributed by atoms with Crippen LogP contribution in [0.25, 0.3) is 17.1 Å². The van der Waals surface area contributed by atoms with Gasteiger partial charge in [-0.1, -0.05) is 19.1 Å². The summed E-state index contributed by atoms with van der Waals surface area (Å²) >= 11 is 0. The lowest BCUT2D eigenvalue weighted by Crippen LogP contribution is -2.03. The van der Waals surface area contributed by atoms with Crippen LogP contribution in [-0.4, -0.2) is 25.8 Å². The third kappa shape index (κ3) is 1.87. The van der Waals surface area contributed by atoms with E-state index in [9.17, 15) is 4.79 Å². The van der Waals surface area contributed by atoms with Crippen LogP contribution in [0.2, 0.25) is 0 Å². The maximum absolute atomic E-state index is 11.0. The zero-order valence-corrected chi connectivity index (χ0v) is 10.2. The number of carboxylic acid groups (broad SMARTS) is 1. The Labute approximate surface area is 108 Å². The van der Waals surface area contributed by atoms with E-state index in [0.717, 1.165) is 5.69 Å². The van der Waals surface area contributed by atoms with Gasteiger partial charge >= 0.3 is 12.0 Å². The number of rotatable bonds is 3. The van der Waals surface area contributed by atoms with E-state index in [1.54, 1.807) is 6.07 Å². The van der Waals surface area contributed by atoms with Crippen LogP contribution in [0.1, 0.15) is 23.1 Å². The molecule has 0 aliphatic carbocycles. The molecule has 0 atom stereocenters. The molecule has 6 heteroatoms. The van der Waals surface area contributed by atoms with E-state index in [4.69, 9.17) is 9.52 Å². The quantitative estimate of drug-likeness (QED) is 0.778. The fourth-order valence-corrected chi connectivity index (χ4v) is 1.89. The van der Waals surface area contributed by atoms with Crippen LogP contribution < -0.4 is 0 Å². The maximum atomic E-state index is 11.0. The molecule has 2 aromatic heterocycles. The van der Waals surface area contributed by atoms with Crippen LogP contribution in [0.3, 0.4) is 0 Å². The van der Waals surface area contributed by atoms with Crippen molar-refractivity contribution in [2.45, 2.75) is 13.3 Å². The van der Waals surface area contributed by atoms with E-state index in [1.807, 2.05) is 25.1 Å². The molecule has 3 rings (SSSR count). The minimum absolute atomic E-state index is 0.0147. The molecule has 0 unspecified atom stereocenters. The van der Waals surface area contributed by atoms with E-state index in [0.29, 0.717) is 17.5 Å². The van der Waals surface area contributed by atoms with Gasteiger partial charge in [0.25, 0.3) is 0 Å². The normalized spacial score (nSPS) is 11.0. The lowest BCUT2D eigenvalue weighted by Gasteiger charge is -1.98. The fraction of sp³-hybridized carbons (Fsp3) is 0.154. The van der Waals surface area contributed by atoms with Crippen LogP contribution in [0.15, 0.2) is 34.7 Å². The van der Waals surface area contributed by atoms with Gasteiger partial charge in [-0.25, -0.2) is 4.79 Å². The summed E-state index contributed by atoms with van der Waals surface area (Å²) < 4.78 is 7.02. The van der Waals surface area contributed by atoms with Gasteiger partial charge in [-0.2, -0.15) is 14.8 Å². The first kappa shape index (κ1) is 11.5. The van der Waals surface area contributed by atoms with Crippen LogP contribution in [-0.2, 0) is 6.42 Å². The number of carbonyl (C=O) groups is 1. The third-order valence-electron chi connectivity index (χ3n) is 2.83. The molecule has 1 N–H and O–H groups in total. The second kappa shape index (κ2) is 4.24. The van der Waals surface area contributed by atoms with Crippen molar-refractivity contribution >= 4 is 17.1 Å². The second-order valence-corrected chi connectivity index (χ2v) is 4.06. The van der Waals surface area contributed by atoms with Crippen LogP contribution >= 0.6 is 0 Å². The minimum Gasteiger partial charge on any atom is -0.476 e. The molecule has 0 spiro atoms. The highest BCUT2D eigenvalue weighted by Gasteiger charge is 2.16. The van der Waals surface area contributed by atoms with Crippen molar-refractivity contribution in [3.05, 3.63) is 41.7 Å². The second-order valence-electron chi connectivity index (χ2n) is 4.06. The molecule has 2 heterocycles. The van der Waals surface area contributed by atoms with Gasteiger partial charge in [0.15, 0.2) is 11.3 Å². The van der Waals surface area contributed by atoms with Gasteiger partial charge in [-0.3, -0.25) is 0 Å². The molecule has 0 aliphatic heterocycles. The number of aromatic carboxylic acids is 1. The highest BCUT2D eigenvalue weighted by molar-refractivity contribution is 5.85. The Bertz CT molecular complexity index is 724. The average molecular weight is 257 g/mol. The fourth-order valence-electron chi connectivity index (χ4n) is 1.89. The largest absolute Gasteiger partial charge is 0.476 e. The predicted molar refractivity (Wildman–Crippen MR) is 67.5 cm³/mol. The summed E-state index contributed by atoms with van der Waals surface area (Å²) in [7, 11) is 0. The molecule has 19 heavy (non-hydrogen) atoms. The first-order valence-electron chi connectivity index (χ1n) is 5.87. The summed E-state index contributed by atoms with van der Waals surface area (Å²) in [5, 5.41) is 13.0. The van der Waals surface area contributed by atoms with E-state index in [2.05, 4.69) is 10.1 Å².